The molecule has 0 saturated carbocycles. The van der Waals surface area contributed by atoms with E-state index in [0.717, 1.165) is 6.07 Å². The zero-order valence-corrected chi connectivity index (χ0v) is 9.09. The molecule has 16 heavy (non-hydrogen) atoms. The number of nitrogens with two attached hydrogens (primary N) is 1. The summed E-state index contributed by atoms with van der Waals surface area (Å²) in [6.45, 7) is 0. The third-order valence-electron chi connectivity index (χ3n) is 2.31. The maximum Gasteiger partial charge on any atom is 0.178 e. The third-order valence-corrected chi connectivity index (χ3v) is 2.68. The Balaban J connectivity index is 2.66. The van der Waals surface area contributed by atoms with Crippen LogP contribution in [-0.2, 0) is 7.05 Å². The lowest BCUT2D eigenvalue weighted by molar-refractivity contribution is 0.509. The first-order chi connectivity index (χ1) is 7.52. The number of halogens is 3. The van der Waals surface area contributed by atoms with Crippen LogP contribution >= 0.6 is 11.6 Å². The molecule has 0 unspecified atom stereocenters. The molecule has 0 radical (unpaired) electrons. The minimum absolute atomic E-state index is 0.292. The van der Waals surface area contributed by atoms with E-state index in [1.807, 2.05) is 0 Å². The molecule has 2 rings (SSSR count). The minimum Gasteiger partial charge on any atom is -0.383 e. The molecule has 0 aliphatic carbocycles. The fraction of sp³-hybridized carbons (Fsp3) is 0.100. The summed E-state index contributed by atoms with van der Waals surface area (Å²) in [5, 5.41) is 3.61. The molecule has 0 spiro atoms. The summed E-state index contributed by atoms with van der Waals surface area (Å²) < 4.78 is 27.5. The lowest BCUT2D eigenvalue weighted by atomic mass is 10.1. The first-order valence-corrected chi connectivity index (χ1v) is 4.81. The molecule has 3 nitrogen and oxygen atoms in total. The number of anilines is 1. The van der Waals surface area contributed by atoms with Crippen LogP contribution in [0.2, 0.25) is 5.02 Å². The van der Waals surface area contributed by atoms with Crippen molar-refractivity contribution in [3.05, 3.63) is 35.0 Å². The standard InChI is InChI=1S/C10H8ClF2N3/c1-16-10(14)6(4-15-16)5-2-3-7(12)9(13)8(5)11/h2-4H,14H2,1H3. The van der Waals surface area contributed by atoms with Crippen molar-refractivity contribution >= 4 is 17.4 Å². The van der Waals surface area contributed by atoms with E-state index in [-0.39, 0.29) is 5.02 Å². The summed E-state index contributed by atoms with van der Waals surface area (Å²) in [4.78, 5) is 0. The van der Waals surface area contributed by atoms with Gasteiger partial charge in [-0.05, 0) is 12.1 Å². The fourth-order valence-electron chi connectivity index (χ4n) is 1.39. The van der Waals surface area contributed by atoms with E-state index in [2.05, 4.69) is 5.10 Å². The Morgan fingerprint density at radius 2 is 2.00 bits per heavy atom. The van der Waals surface area contributed by atoms with E-state index in [1.165, 1.54) is 16.9 Å². The lowest BCUT2D eigenvalue weighted by Gasteiger charge is -2.05. The molecule has 2 N–H and O–H groups in total. The maximum atomic E-state index is 13.2. The van der Waals surface area contributed by atoms with Gasteiger partial charge in [0.2, 0.25) is 0 Å². The topological polar surface area (TPSA) is 43.8 Å². The molecule has 1 aromatic heterocycles. The number of aryl methyl sites for hydroxylation is 1. The van der Waals surface area contributed by atoms with Gasteiger partial charge in [-0.25, -0.2) is 8.78 Å². The van der Waals surface area contributed by atoms with Gasteiger partial charge in [0, 0.05) is 18.2 Å². The molecular weight excluding hydrogens is 236 g/mol. The highest BCUT2D eigenvalue weighted by Gasteiger charge is 2.16. The van der Waals surface area contributed by atoms with Crippen molar-refractivity contribution in [1.29, 1.82) is 0 Å². The highest BCUT2D eigenvalue weighted by Crippen LogP contribution is 2.33. The van der Waals surface area contributed by atoms with Crippen LogP contribution in [0, 0.1) is 11.6 Å². The Morgan fingerprint density at radius 1 is 1.31 bits per heavy atom. The molecule has 1 heterocycles. The van der Waals surface area contributed by atoms with E-state index in [0.29, 0.717) is 16.9 Å². The zero-order valence-electron chi connectivity index (χ0n) is 8.34. The Hall–Kier alpha value is -1.62. The van der Waals surface area contributed by atoms with Crippen LogP contribution in [0.1, 0.15) is 0 Å². The quantitative estimate of drug-likeness (QED) is 0.783. The van der Waals surface area contributed by atoms with Crippen molar-refractivity contribution in [3.63, 3.8) is 0 Å². The highest BCUT2D eigenvalue weighted by atomic mass is 35.5. The van der Waals surface area contributed by atoms with Crippen molar-refractivity contribution in [1.82, 2.24) is 9.78 Å². The van der Waals surface area contributed by atoms with Crippen molar-refractivity contribution in [3.8, 4) is 11.1 Å². The van der Waals surface area contributed by atoms with Crippen LogP contribution in [0.25, 0.3) is 11.1 Å². The molecule has 2 aromatic rings. The molecule has 1 aromatic carbocycles. The summed E-state index contributed by atoms with van der Waals surface area (Å²) in [6.07, 6.45) is 1.45. The van der Waals surface area contributed by atoms with Crippen LogP contribution in [-0.4, -0.2) is 9.78 Å². The molecule has 0 saturated heterocycles. The largest absolute Gasteiger partial charge is 0.383 e. The van der Waals surface area contributed by atoms with Gasteiger partial charge in [0.05, 0.1) is 11.2 Å². The first kappa shape index (κ1) is 10.9. The van der Waals surface area contributed by atoms with E-state index >= 15 is 0 Å². The van der Waals surface area contributed by atoms with Gasteiger partial charge < -0.3 is 5.73 Å². The lowest BCUT2D eigenvalue weighted by Crippen LogP contribution is -1.98. The molecule has 84 valence electrons. The van der Waals surface area contributed by atoms with Gasteiger partial charge in [-0.2, -0.15) is 5.10 Å². The average molecular weight is 244 g/mol. The van der Waals surface area contributed by atoms with Gasteiger partial charge in [-0.1, -0.05) is 11.6 Å². The van der Waals surface area contributed by atoms with E-state index in [9.17, 15) is 8.78 Å². The monoisotopic (exact) mass is 243 g/mol. The van der Waals surface area contributed by atoms with Crippen LogP contribution < -0.4 is 5.73 Å². The van der Waals surface area contributed by atoms with Crippen LogP contribution in [0.5, 0.6) is 0 Å². The van der Waals surface area contributed by atoms with Gasteiger partial charge in [0.15, 0.2) is 11.6 Å². The molecule has 0 bridgehead atoms. The Morgan fingerprint density at radius 3 is 2.56 bits per heavy atom. The van der Waals surface area contributed by atoms with Crippen molar-refractivity contribution in [2.75, 3.05) is 5.73 Å². The molecule has 0 atom stereocenters. The summed E-state index contributed by atoms with van der Waals surface area (Å²) in [5.41, 5.74) is 6.52. The van der Waals surface area contributed by atoms with E-state index in [4.69, 9.17) is 17.3 Å². The molecular formula is C10H8ClF2N3. The first-order valence-electron chi connectivity index (χ1n) is 4.43. The average Bonchev–Trinajstić information content (AvgIpc) is 2.58. The number of nitrogen functional groups attached to an aromatic ring is 1. The molecule has 0 fully saturated rings. The highest BCUT2D eigenvalue weighted by molar-refractivity contribution is 6.33. The SMILES string of the molecule is Cn1ncc(-c2ccc(F)c(F)c2Cl)c1N. The van der Waals surface area contributed by atoms with Gasteiger partial charge in [0.25, 0.3) is 0 Å². The molecule has 6 heteroatoms. The summed E-state index contributed by atoms with van der Waals surface area (Å²) in [5.74, 6) is -1.73. The van der Waals surface area contributed by atoms with Gasteiger partial charge >= 0.3 is 0 Å². The van der Waals surface area contributed by atoms with Gasteiger partial charge in [-0.3, -0.25) is 4.68 Å². The number of nitrogens with zero attached hydrogens (tertiary/aromatic N) is 2. The van der Waals surface area contributed by atoms with E-state index < -0.39 is 11.6 Å². The van der Waals surface area contributed by atoms with Crippen molar-refractivity contribution in [2.45, 2.75) is 0 Å². The summed E-state index contributed by atoms with van der Waals surface area (Å²) >= 11 is 5.71. The van der Waals surface area contributed by atoms with Crippen LogP contribution in [0.4, 0.5) is 14.6 Å². The summed E-state index contributed by atoms with van der Waals surface area (Å²) in [6, 6.07) is 2.37. The smallest absolute Gasteiger partial charge is 0.178 e. The van der Waals surface area contributed by atoms with E-state index in [1.54, 1.807) is 7.05 Å². The normalized spacial score (nSPS) is 10.8. The summed E-state index contributed by atoms with van der Waals surface area (Å²) in [7, 11) is 1.65. The fourth-order valence-corrected chi connectivity index (χ4v) is 1.64. The number of rotatable bonds is 1. The second-order valence-electron chi connectivity index (χ2n) is 3.29. The molecule has 0 aliphatic heterocycles. The number of benzene rings is 1. The zero-order chi connectivity index (χ0) is 11.9. The predicted octanol–water partition coefficient (Wildman–Crippen LogP) is 2.60. The van der Waals surface area contributed by atoms with Crippen LogP contribution in [0.3, 0.4) is 0 Å². The van der Waals surface area contributed by atoms with Gasteiger partial charge in [0.1, 0.15) is 5.82 Å². The molecule has 0 aliphatic rings. The number of aromatic nitrogens is 2. The second-order valence-corrected chi connectivity index (χ2v) is 3.67. The number of hydrogen-bond acceptors (Lipinski definition) is 2. The van der Waals surface area contributed by atoms with Crippen molar-refractivity contribution < 1.29 is 8.78 Å². The Bertz CT molecular complexity index is 551. The van der Waals surface area contributed by atoms with Crippen LogP contribution in [0.15, 0.2) is 18.3 Å². The Labute approximate surface area is 95.4 Å². The minimum atomic E-state index is -1.08. The van der Waals surface area contributed by atoms with Gasteiger partial charge in [-0.15, -0.1) is 0 Å². The Kier molecular flexibility index (Phi) is 2.55. The van der Waals surface area contributed by atoms with Crippen molar-refractivity contribution in [2.24, 2.45) is 7.05 Å². The number of hydrogen-bond donors (Lipinski definition) is 1. The maximum absolute atomic E-state index is 13.2. The third kappa shape index (κ3) is 1.53. The second kappa shape index (κ2) is 3.75. The predicted molar refractivity (Wildman–Crippen MR) is 58.0 cm³/mol. The molecule has 0 amide bonds.